The van der Waals surface area contributed by atoms with Gasteiger partial charge >= 0.3 is 6.03 Å². The van der Waals surface area contributed by atoms with Crippen molar-refractivity contribution in [3.63, 3.8) is 0 Å². The molecule has 0 aliphatic carbocycles. The van der Waals surface area contributed by atoms with Crippen LogP contribution in [0.25, 0.3) is 33.1 Å². The number of anilines is 1. The molecule has 9 nitrogen and oxygen atoms in total. The van der Waals surface area contributed by atoms with Gasteiger partial charge in [0.2, 0.25) is 0 Å². The standard InChI is InChI=1S/C22H21N5O4/c1-27-17-6-4-3-5-15(17)16-11-18(25-22(29)23-12-19(28)26-30)24-20(21(16)27)13-7-9-14(31-2)10-8-13/h3-11,30H,12H2,1-2H3,(H,26,28)(H2,23,24,25,29). The number of urea groups is 1. The first-order chi connectivity index (χ1) is 15.0. The first-order valence-corrected chi connectivity index (χ1v) is 9.52. The minimum atomic E-state index is -0.730. The zero-order valence-electron chi connectivity index (χ0n) is 17.0. The summed E-state index contributed by atoms with van der Waals surface area (Å²) in [5, 5.41) is 15.6. The van der Waals surface area contributed by atoms with Gasteiger partial charge < -0.3 is 14.6 Å². The van der Waals surface area contributed by atoms with Crippen LogP contribution in [0, 0.1) is 0 Å². The number of carbonyl (C=O) groups excluding carboxylic acids is 2. The smallest absolute Gasteiger partial charge is 0.320 e. The summed E-state index contributed by atoms with van der Waals surface area (Å²) >= 11 is 0. The molecule has 4 rings (SSSR count). The molecule has 2 aromatic carbocycles. The summed E-state index contributed by atoms with van der Waals surface area (Å²) in [6.45, 7) is -0.371. The number of benzene rings is 2. The van der Waals surface area contributed by atoms with Gasteiger partial charge in [0.25, 0.3) is 5.91 Å². The summed E-state index contributed by atoms with van der Waals surface area (Å²) in [7, 11) is 3.59. The van der Waals surface area contributed by atoms with Gasteiger partial charge in [-0.3, -0.25) is 15.3 Å². The molecule has 2 aromatic heterocycles. The topological polar surface area (TPSA) is 118 Å². The van der Waals surface area contributed by atoms with Crippen LogP contribution >= 0.6 is 0 Å². The molecule has 0 atom stereocenters. The lowest BCUT2D eigenvalue weighted by molar-refractivity contribution is -0.128. The molecule has 4 aromatic rings. The molecule has 0 bridgehead atoms. The van der Waals surface area contributed by atoms with E-state index in [1.165, 1.54) is 5.48 Å². The third-order valence-corrected chi connectivity index (χ3v) is 5.02. The van der Waals surface area contributed by atoms with Crippen LogP contribution in [0.5, 0.6) is 5.75 Å². The van der Waals surface area contributed by atoms with E-state index >= 15 is 0 Å². The average Bonchev–Trinajstić information content (AvgIpc) is 3.09. The Kier molecular flexibility index (Phi) is 5.42. The number of aromatic nitrogens is 2. The molecular weight excluding hydrogens is 398 g/mol. The Labute approximate surface area is 177 Å². The van der Waals surface area contributed by atoms with Crippen molar-refractivity contribution in [2.24, 2.45) is 7.05 Å². The number of hydrogen-bond acceptors (Lipinski definition) is 5. The predicted molar refractivity (Wildman–Crippen MR) is 117 cm³/mol. The average molecular weight is 419 g/mol. The van der Waals surface area contributed by atoms with Crippen LogP contribution in [0.2, 0.25) is 0 Å². The Bertz CT molecular complexity index is 1280. The van der Waals surface area contributed by atoms with Crippen LogP contribution in [0.1, 0.15) is 0 Å². The van der Waals surface area contributed by atoms with Crippen molar-refractivity contribution in [1.29, 1.82) is 0 Å². The minimum Gasteiger partial charge on any atom is -0.497 e. The maximum atomic E-state index is 12.2. The summed E-state index contributed by atoms with van der Waals surface area (Å²) in [6.07, 6.45) is 0. The Morgan fingerprint density at radius 1 is 1.10 bits per heavy atom. The van der Waals surface area contributed by atoms with Gasteiger partial charge in [-0.05, 0) is 36.4 Å². The fourth-order valence-electron chi connectivity index (χ4n) is 3.57. The first-order valence-electron chi connectivity index (χ1n) is 9.52. The lowest BCUT2D eigenvalue weighted by atomic mass is 10.1. The van der Waals surface area contributed by atoms with Crippen LogP contribution < -0.4 is 20.9 Å². The first kappa shape index (κ1) is 20.2. The quantitative estimate of drug-likeness (QED) is 0.293. The molecule has 0 aliphatic heterocycles. The second kappa shape index (κ2) is 8.33. The lowest BCUT2D eigenvalue weighted by Crippen LogP contribution is -2.37. The number of carbonyl (C=O) groups is 2. The second-order valence-electron chi connectivity index (χ2n) is 6.90. The van der Waals surface area contributed by atoms with E-state index in [2.05, 4.69) is 20.2 Å². The van der Waals surface area contributed by atoms with Crippen LogP contribution in [-0.2, 0) is 11.8 Å². The van der Waals surface area contributed by atoms with Crippen LogP contribution in [0.4, 0.5) is 10.6 Å². The lowest BCUT2D eigenvalue weighted by Gasteiger charge is -2.11. The van der Waals surface area contributed by atoms with Gasteiger partial charge in [0.15, 0.2) is 0 Å². The number of hydroxylamine groups is 1. The van der Waals surface area contributed by atoms with Crippen molar-refractivity contribution in [3.8, 4) is 17.0 Å². The highest BCUT2D eigenvalue weighted by Gasteiger charge is 2.17. The fraction of sp³-hybridized carbons (Fsp3) is 0.136. The highest BCUT2D eigenvalue weighted by atomic mass is 16.5. The predicted octanol–water partition coefficient (Wildman–Crippen LogP) is 3.03. The summed E-state index contributed by atoms with van der Waals surface area (Å²) in [4.78, 5) is 28.1. The van der Waals surface area contributed by atoms with Crippen molar-refractivity contribution >= 4 is 39.6 Å². The third-order valence-electron chi connectivity index (χ3n) is 5.02. The van der Waals surface area contributed by atoms with E-state index in [0.717, 1.165) is 33.1 Å². The van der Waals surface area contributed by atoms with Crippen molar-refractivity contribution in [2.45, 2.75) is 0 Å². The van der Waals surface area contributed by atoms with Gasteiger partial charge in [0.05, 0.1) is 18.3 Å². The molecule has 31 heavy (non-hydrogen) atoms. The summed E-state index contributed by atoms with van der Waals surface area (Å²) in [5.41, 5.74) is 4.98. The van der Waals surface area contributed by atoms with Crippen molar-refractivity contribution in [3.05, 3.63) is 54.6 Å². The fourth-order valence-corrected chi connectivity index (χ4v) is 3.57. The van der Waals surface area contributed by atoms with Crippen molar-refractivity contribution in [1.82, 2.24) is 20.3 Å². The van der Waals surface area contributed by atoms with E-state index in [1.807, 2.05) is 55.6 Å². The normalized spacial score (nSPS) is 10.8. The van der Waals surface area contributed by atoms with E-state index in [1.54, 1.807) is 13.2 Å². The Hall–Kier alpha value is -4.11. The van der Waals surface area contributed by atoms with Crippen molar-refractivity contribution in [2.75, 3.05) is 19.0 Å². The molecule has 0 aliphatic rings. The summed E-state index contributed by atoms with van der Waals surface area (Å²) in [6, 6.07) is 16.7. The maximum Gasteiger partial charge on any atom is 0.320 e. The molecule has 0 unspecified atom stereocenters. The largest absolute Gasteiger partial charge is 0.497 e. The van der Waals surface area contributed by atoms with Gasteiger partial charge in [-0.25, -0.2) is 15.3 Å². The van der Waals surface area contributed by atoms with E-state index in [4.69, 9.17) is 9.94 Å². The monoisotopic (exact) mass is 419 g/mol. The molecule has 2 heterocycles. The molecule has 158 valence electrons. The summed E-state index contributed by atoms with van der Waals surface area (Å²) in [5.74, 6) is 0.330. The molecular formula is C22H21N5O4. The Morgan fingerprint density at radius 2 is 1.84 bits per heavy atom. The zero-order valence-corrected chi connectivity index (χ0v) is 17.0. The highest BCUT2D eigenvalue weighted by Crippen LogP contribution is 2.36. The Balaban J connectivity index is 1.83. The highest BCUT2D eigenvalue weighted by molar-refractivity contribution is 6.13. The second-order valence-corrected chi connectivity index (χ2v) is 6.90. The number of para-hydroxylation sites is 1. The van der Waals surface area contributed by atoms with Gasteiger partial charge in [0, 0.05) is 28.9 Å². The van der Waals surface area contributed by atoms with Crippen LogP contribution in [-0.4, -0.2) is 40.4 Å². The van der Waals surface area contributed by atoms with E-state index in [9.17, 15) is 9.59 Å². The molecule has 0 saturated heterocycles. The summed E-state index contributed by atoms with van der Waals surface area (Å²) < 4.78 is 7.33. The number of nitrogens with one attached hydrogen (secondary N) is 3. The number of pyridine rings is 1. The third kappa shape index (κ3) is 3.86. The molecule has 4 N–H and O–H groups in total. The molecule has 0 spiro atoms. The number of rotatable bonds is 5. The maximum absolute atomic E-state index is 12.2. The number of nitrogens with zero attached hydrogens (tertiary/aromatic N) is 2. The molecule has 0 saturated carbocycles. The van der Waals surface area contributed by atoms with Gasteiger partial charge in [-0.2, -0.15) is 0 Å². The SMILES string of the molecule is COc1ccc(-c2nc(NC(=O)NCC(=O)NO)cc3c4ccccc4n(C)c23)cc1. The van der Waals surface area contributed by atoms with E-state index in [-0.39, 0.29) is 6.54 Å². The number of hydrogen-bond donors (Lipinski definition) is 4. The van der Waals surface area contributed by atoms with Gasteiger partial charge in [-0.1, -0.05) is 18.2 Å². The zero-order chi connectivity index (χ0) is 22.0. The van der Waals surface area contributed by atoms with E-state index < -0.39 is 11.9 Å². The van der Waals surface area contributed by atoms with Gasteiger partial charge in [0.1, 0.15) is 18.1 Å². The molecule has 0 radical (unpaired) electrons. The minimum absolute atomic E-state index is 0.330. The number of fused-ring (bicyclic) bond motifs is 3. The van der Waals surface area contributed by atoms with Crippen LogP contribution in [0.3, 0.4) is 0 Å². The number of amides is 3. The van der Waals surface area contributed by atoms with Crippen molar-refractivity contribution < 1.29 is 19.5 Å². The molecule has 0 fully saturated rings. The van der Waals surface area contributed by atoms with Crippen LogP contribution in [0.15, 0.2) is 54.6 Å². The number of methoxy groups -OCH3 is 1. The molecule has 3 amide bonds. The van der Waals surface area contributed by atoms with E-state index in [0.29, 0.717) is 11.5 Å². The number of aryl methyl sites for hydroxylation is 1. The molecule has 9 heteroatoms. The van der Waals surface area contributed by atoms with Gasteiger partial charge in [-0.15, -0.1) is 0 Å². The number of ether oxygens (including phenoxy) is 1. The Morgan fingerprint density at radius 3 is 2.55 bits per heavy atom.